The van der Waals surface area contributed by atoms with Crippen LogP contribution >= 0.6 is 0 Å². The number of amides is 1. The second-order valence-corrected chi connectivity index (χ2v) is 5.35. The maximum Gasteiger partial charge on any atom is 0.269 e. The molecule has 1 amide bonds. The highest BCUT2D eigenvalue weighted by Gasteiger charge is 2.12. The lowest BCUT2D eigenvalue weighted by Gasteiger charge is -2.07. The van der Waals surface area contributed by atoms with Crippen LogP contribution in [0.15, 0.2) is 66.4 Å². The number of fused-ring (bicyclic) bond motifs is 1. The number of carbonyl (C=O) groups excluding carboxylic acids is 1. The Hall–Kier alpha value is -4.05. The number of hydrogen-bond acceptors (Lipinski definition) is 5. The van der Waals surface area contributed by atoms with Gasteiger partial charge in [-0.2, -0.15) is 5.26 Å². The number of non-ortho nitro benzene ring substituents is 1. The number of anilines is 1. The Morgan fingerprint density at radius 1 is 1.15 bits per heavy atom. The molecule has 0 unspecified atom stereocenters. The van der Waals surface area contributed by atoms with Crippen LogP contribution in [0.2, 0.25) is 0 Å². The number of rotatable bonds is 4. The summed E-state index contributed by atoms with van der Waals surface area (Å²) in [5.41, 5.74) is 1.61. The zero-order valence-electron chi connectivity index (χ0n) is 13.4. The van der Waals surface area contributed by atoms with Gasteiger partial charge in [-0.05, 0) is 48.0 Å². The minimum atomic E-state index is -0.567. The summed E-state index contributed by atoms with van der Waals surface area (Å²) >= 11 is 0. The Labute approximate surface area is 148 Å². The monoisotopic (exact) mass is 344 g/mol. The van der Waals surface area contributed by atoms with Crippen LogP contribution in [0.4, 0.5) is 11.4 Å². The van der Waals surface area contributed by atoms with Gasteiger partial charge in [-0.1, -0.05) is 6.07 Å². The third-order valence-corrected chi connectivity index (χ3v) is 3.67. The number of benzene rings is 2. The van der Waals surface area contributed by atoms with E-state index >= 15 is 0 Å². The minimum Gasteiger partial charge on any atom is -0.321 e. The van der Waals surface area contributed by atoms with Crippen molar-refractivity contribution in [1.29, 1.82) is 5.26 Å². The van der Waals surface area contributed by atoms with Crippen LogP contribution in [0.3, 0.4) is 0 Å². The lowest BCUT2D eigenvalue weighted by Crippen LogP contribution is -2.13. The molecule has 0 saturated carbocycles. The Morgan fingerprint density at radius 3 is 2.62 bits per heavy atom. The smallest absolute Gasteiger partial charge is 0.269 e. The first-order valence-electron chi connectivity index (χ1n) is 7.60. The molecular weight excluding hydrogens is 332 g/mol. The predicted molar refractivity (Wildman–Crippen MR) is 97.1 cm³/mol. The molecular formula is C19H12N4O3. The standard InChI is InChI=1S/C19H12N4O3/c20-12-14(11-13-6-8-15(9-7-13)23(25)26)19(24)22-18-5-1-4-17-16(18)3-2-10-21-17/h1-11H,(H,22,24)/b14-11+. The average molecular weight is 344 g/mol. The molecule has 0 spiro atoms. The molecule has 126 valence electrons. The number of hydrogen-bond donors (Lipinski definition) is 1. The molecule has 3 aromatic rings. The van der Waals surface area contributed by atoms with Crippen molar-refractivity contribution in [3.05, 3.63) is 82.0 Å². The SMILES string of the molecule is N#C/C(=C\c1ccc([N+](=O)[O-])cc1)C(=O)Nc1cccc2ncccc12. The number of aromatic nitrogens is 1. The van der Waals surface area contributed by atoms with E-state index < -0.39 is 10.8 Å². The fourth-order valence-electron chi connectivity index (χ4n) is 2.41. The lowest BCUT2D eigenvalue weighted by molar-refractivity contribution is -0.384. The van der Waals surface area contributed by atoms with Gasteiger partial charge < -0.3 is 5.32 Å². The molecule has 7 heteroatoms. The lowest BCUT2D eigenvalue weighted by atomic mass is 10.1. The molecule has 2 aromatic carbocycles. The highest BCUT2D eigenvalue weighted by atomic mass is 16.6. The molecule has 7 nitrogen and oxygen atoms in total. The molecule has 26 heavy (non-hydrogen) atoms. The van der Waals surface area contributed by atoms with E-state index in [1.165, 1.54) is 30.3 Å². The number of nitriles is 1. The van der Waals surface area contributed by atoms with Gasteiger partial charge in [0.1, 0.15) is 11.6 Å². The van der Waals surface area contributed by atoms with E-state index in [2.05, 4.69) is 10.3 Å². The van der Waals surface area contributed by atoms with Gasteiger partial charge in [-0.3, -0.25) is 19.9 Å². The number of nitrogens with one attached hydrogen (secondary N) is 1. The normalized spacial score (nSPS) is 11.0. The third kappa shape index (κ3) is 3.55. The Balaban J connectivity index is 1.87. The number of carbonyl (C=O) groups is 1. The third-order valence-electron chi connectivity index (χ3n) is 3.67. The van der Waals surface area contributed by atoms with Crippen molar-refractivity contribution >= 4 is 34.3 Å². The Bertz CT molecular complexity index is 1060. The maximum absolute atomic E-state index is 12.4. The Morgan fingerprint density at radius 2 is 1.92 bits per heavy atom. The van der Waals surface area contributed by atoms with Crippen molar-refractivity contribution in [1.82, 2.24) is 4.98 Å². The van der Waals surface area contributed by atoms with E-state index in [9.17, 15) is 20.2 Å². The fourth-order valence-corrected chi connectivity index (χ4v) is 2.41. The molecule has 0 aliphatic heterocycles. The fraction of sp³-hybridized carbons (Fsp3) is 0. The van der Waals surface area contributed by atoms with E-state index in [1.54, 1.807) is 24.4 Å². The van der Waals surface area contributed by atoms with E-state index in [4.69, 9.17) is 0 Å². The molecule has 3 rings (SSSR count). The van der Waals surface area contributed by atoms with Crippen molar-refractivity contribution in [3.63, 3.8) is 0 Å². The van der Waals surface area contributed by atoms with E-state index in [1.807, 2.05) is 18.2 Å². The first-order valence-corrected chi connectivity index (χ1v) is 7.60. The van der Waals surface area contributed by atoms with Gasteiger partial charge in [-0.25, -0.2) is 0 Å². The van der Waals surface area contributed by atoms with Gasteiger partial charge in [-0.15, -0.1) is 0 Å². The average Bonchev–Trinajstić information content (AvgIpc) is 2.66. The molecule has 0 saturated heterocycles. The van der Waals surface area contributed by atoms with Crippen molar-refractivity contribution in [3.8, 4) is 6.07 Å². The van der Waals surface area contributed by atoms with Crippen LogP contribution in [0.5, 0.6) is 0 Å². The second-order valence-electron chi connectivity index (χ2n) is 5.35. The summed E-state index contributed by atoms with van der Waals surface area (Å²) in [4.78, 5) is 26.8. The number of nitrogens with zero attached hydrogens (tertiary/aromatic N) is 3. The van der Waals surface area contributed by atoms with E-state index in [-0.39, 0.29) is 11.3 Å². The molecule has 0 aliphatic rings. The van der Waals surface area contributed by atoms with Crippen molar-refractivity contribution in [2.45, 2.75) is 0 Å². The topological polar surface area (TPSA) is 109 Å². The molecule has 0 fully saturated rings. The molecule has 1 heterocycles. The quantitative estimate of drug-likeness (QED) is 0.336. The first kappa shape index (κ1) is 16.8. The van der Waals surface area contributed by atoms with Crippen LogP contribution in [0.1, 0.15) is 5.56 Å². The van der Waals surface area contributed by atoms with Gasteiger partial charge in [0, 0.05) is 23.7 Å². The molecule has 0 radical (unpaired) electrons. The van der Waals surface area contributed by atoms with Crippen LogP contribution in [0, 0.1) is 21.4 Å². The van der Waals surface area contributed by atoms with Gasteiger partial charge in [0.2, 0.25) is 0 Å². The van der Waals surface area contributed by atoms with Crippen LogP contribution < -0.4 is 5.32 Å². The molecule has 1 aromatic heterocycles. The zero-order valence-corrected chi connectivity index (χ0v) is 13.4. The summed E-state index contributed by atoms with van der Waals surface area (Å²) in [6, 6.07) is 16.3. The summed E-state index contributed by atoms with van der Waals surface area (Å²) in [5.74, 6) is -0.567. The largest absolute Gasteiger partial charge is 0.321 e. The second kappa shape index (κ2) is 7.23. The van der Waals surface area contributed by atoms with Crippen LogP contribution in [-0.4, -0.2) is 15.8 Å². The van der Waals surface area contributed by atoms with Crippen molar-refractivity contribution in [2.75, 3.05) is 5.32 Å². The Kier molecular flexibility index (Phi) is 4.67. The summed E-state index contributed by atoms with van der Waals surface area (Å²) in [6.07, 6.45) is 3.03. The maximum atomic E-state index is 12.4. The molecule has 0 bridgehead atoms. The predicted octanol–water partition coefficient (Wildman–Crippen LogP) is 3.69. The number of nitro groups is 1. The van der Waals surface area contributed by atoms with E-state index in [0.717, 1.165) is 10.9 Å². The zero-order chi connectivity index (χ0) is 18.5. The van der Waals surface area contributed by atoms with Crippen molar-refractivity contribution < 1.29 is 9.72 Å². The van der Waals surface area contributed by atoms with Crippen molar-refractivity contribution in [2.24, 2.45) is 0 Å². The summed E-state index contributed by atoms with van der Waals surface area (Å²) < 4.78 is 0. The van der Waals surface area contributed by atoms with Gasteiger partial charge in [0.25, 0.3) is 11.6 Å². The van der Waals surface area contributed by atoms with E-state index in [0.29, 0.717) is 11.3 Å². The number of nitro benzene ring substituents is 1. The summed E-state index contributed by atoms with van der Waals surface area (Å²) in [7, 11) is 0. The summed E-state index contributed by atoms with van der Waals surface area (Å²) in [5, 5.41) is 23.4. The molecule has 0 aliphatic carbocycles. The van der Waals surface area contributed by atoms with Crippen LogP contribution in [-0.2, 0) is 4.79 Å². The molecule has 1 N–H and O–H groups in total. The van der Waals surface area contributed by atoms with Gasteiger partial charge >= 0.3 is 0 Å². The van der Waals surface area contributed by atoms with Gasteiger partial charge in [0.15, 0.2) is 0 Å². The molecule has 0 atom stereocenters. The minimum absolute atomic E-state index is 0.0617. The highest BCUT2D eigenvalue weighted by Crippen LogP contribution is 2.22. The van der Waals surface area contributed by atoms with Crippen LogP contribution in [0.25, 0.3) is 17.0 Å². The highest BCUT2D eigenvalue weighted by molar-refractivity contribution is 6.12. The summed E-state index contributed by atoms with van der Waals surface area (Å²) in [6.45, 7) is 0. The first-order chi connectivity index (χ1) is 12.6. The van der Waals surface area contributed by atoms with Gasteiger partial charge in [0.05, 0.1) is 16.1 Å². The number of pyridine rings is 1.